The van der Waals surface area contributed by atoms with Gasteiger partial charge in [0.2, 0.25) is 17.6 Å². The summed E-state index contributed by atoms with van der Waals surface area (Å²) in [5, 5.41) is 6.82. The smallest absolute Gasteiger partial charge is 0.238 e. The summed E-state index contributed by atoms with van der Waals surface area (Å²) in [6.45, 7) is 3.71. The summed E-state index contributed by atoms with van der Waals surface area (Å²) in [6.07, 6.45) is 1.99. The van der Waals surface area contributed by atoms with Gasteiger partial charge in [0.15, 0.2) is 5.76 Å². The molecule has 0 bridgehead atoms. The standard InChI is InChI=1S/C17H17N3O3/c1-11(2)17(21)18-13-7-4-3-6-12(13)10-15-19-16(20-23-15)14-8-5-9-22-14/h3-9,11H,10H2,1-2H3,(H,18,21). The third-order valence-electron chi connectivity index (χ3n) is 3.35. The van der Waals surface area contributed by atoms with Crippen LogP contribution in [-0.4, -0.2) is 16.0 Å². The molecule has 1 aromatic carbocycles. The first kappa shape index (κ1) is 15.0. The average Bonchev–Trinajstić information content (AvgIpc) is 3.20. The second-order valence-electron chi connectivity index (χ2n) is 5.47. The highest BCUT2D eigenvalue weighted by Gasteiger charge is 2.14. The number of hydrogen-bond donors (Lipinski definition) is 1. The number of nitrogens with zero attached hydrogens (tertiary/aromatic N) is 2. The summed E-state index contributed by atoms with van der Waals surface area (Å²) in [7, 11) is 0. The van der Waals surface area contributed by atoms with Gasteiger partial charge >= 0.3 is 0 Å². The number of aromatic nitrogens is 2. The molecule has 2 aromatic heterocycles. The molecule has 0 saturated carbocycles. The number of hydrogen-bond acceptors (Lipinski definition) is 5. The maximum Gasteiger partial charge on any atom is 0.238 e. The van der Waals surface area contributed by atoms with Crippen LogP contribution >= 0.6 is 0 Å². The lowest BCUT2D eigenvalue weighted by atomic mass is 10.1. The van der Waals surface area contributed by atoms with Crippen LogP contribution in [0.4, 0.5) is 5.69 Å². The Bertz CT molecular complexity index is 791. The fraction of sp³-hybridized carbons (Fsp3) is 0.235. The Kier molecular flexibility index (Phi) is 4.23. The summed E-state index contributed by atoms with van der Waals surface area (Å²) in [5.41, 5.74) is 1.67. The van der Waals surface area contributed by atoms with E-state index in [1.807, 2.05) is 38.1 Å². The summed E-state index contributed by atoms with van der Waals surface area (Å²) in [5.74, 6) is 1.31. The topological polar surface area (TPSA) is 81.2 Å². The number of carbonyl (C=O) groups excluding carboxylic acids is 1. The number of amides is 1. The van der Waals surface area contributed by atoms with E-state index in [4.69, 9.17) is 8.94 Å². The van der Waals surface area contributed by atoms with Gasteiger partial charge in [-0.1, -0.05) is 37.2 Å². The minimum Gasteiger partial charge on any atom is -0.461 e. The van der Waals surface area contributed by atoms with E-state index in [2.05, 4.69) is 15.5 Å². The zero-order valence-corrected chi connectivity index (χ0v) is 12.9. The van der Waals surface area contributed by atoms with Crippen LogP contribution in [0.15, 0.2) is 51.6 Å². The molecule has 0 radical (unpaired) electrons. The van der Waals surface area contributed by atoms with Crippen LogP contribution in [-0.2, 0) is 11.2 Å². The quantitative estimate of drug-likeness (QED) is 0.779. The maximum atomic E-state index is 11.9. The van der Waals surface area contributed by atoms with Gasteiger partial charge in [-0.15, -0.1) is 0 Å². The molecular weight excluding hydrogens is 294 g/mol. The van der Waals surface area contributed by atoms with Gasteiger partial charge in [0.25, 0.3) is 0 Å². The number of carbonyl (C=O) groups is 1. The Morgan fingerprint density at radius 1 is 1.22 bits per heavy atom. The van der Waals surface area contributed by atoms with Crippen molar-refractivity contribution in [3.05, 3.63) is 54.1 Å². The first-order valence-corrected chi connectivity index (χ1v) is 7.38. The van der Waals surface area contributed by atoms with Gasteiger partial charge in [-0.3, -0.25) is 4.79 Å². The Hall–Kier alpha value is -2.89. The first-order chi connectivity index (χ1) is 11.1. The van der Waals surface area contributed by atoms with Crippen LogP contribution in [0.2, 0.25) is 0 Å². The van der Waals surface area contributed by atoms with Gasteiger partial charge in [0, 0.05) is 11.6 Å². The number of nitrogens with one attached hydrogen (secondary N) is 1. The van der Waals surface area contributed by atoms with E-state index >= 15 is 0 Å². The second kappa shape index (κ2) is 6.48. The Morgan fingerprint density at radius 2 is 2.04 bits per heavy atom. The number of benzene rings is 1. The lowest BCUT2D eigenvalue weighted by molar-refractivity contribution is -0.118. The van der Waals surface area contributed by atoms with E-state index in [0.717, 1.165) is 11.3 Å². The lowest BCUT2D eigenvalue weighted by Crippen LogP contribution is -2.18. The van der Waals surface area contributed by atoms with Crippen LogP contribution in [0.1, 0.15) is 25.3 Å². The molecule has 3 aromatic rings. The zero-order chi connectivity index (χ0) is 16.2. The number of anilines is 1. The van der Waals surface area contributed by atoms with Gasteiger partial charge < -0.3 is 14.3 Å². The molecule has 6 heteroatoms. The molecule has 0 fully saturated rings. The molecule has 118 valence electrons. The maximum absolute atomic E-state index is 11.9. The largest absolute Gasteiger partial charge is 0.461 e. The molecule has 0 aliphatic rings. The molecule has 2 heterocycles. The monoisotopic (exact) mass is 311 g/mol. The fourth-order valence-electron chi connectivity index (χ4n) is 2.07. The molecule has 0 unspecified atom stereocenters. The van der Waals surface area contributed by atoms with Crippen molar-refractivity contribution in [2.45, 2.75) is 20.3 Å². The summed E-state index contributed by atoms with van der Waals surface area (Å²) in [4.78, 5) is 16.2. The highest BCUT2D eigenvalue weighted by Crippen LogP contribution is 2.21. The van der Waals surface area contributed by atoms with Crippen LogP contribution in [0, 0.1) is 5.92 Å². The van der Waals surface area contributed by atoms with Crippen molar-refractivity contribution in [3.8, 4) is 11.6 Å². The molecule has 3 rings (SSSR count). The van der Waals surface area contributed by atoms with E-state index < -0.39 is 0 Å². The predicted octanol–water partition coefficient (Wildman–Crippen LogP) is 3.51. The van der Waals surface area contributed by atoms with Gasteiger partial charge in [-0.05, 0) is 23.8 Å². The second-order valence-corrected chi connectivity index (χ2v) is 5.47. The van der Waals surface area contributed by atoms with Crippen LogP contribution in [0.3, 0.4) is 0 Å². The van der Waals surface area contributed by atoms with Crippen molar-refractivity contribution in [3.63, 3.8) is 0 Å². The molecular formula is C17H17N3O3. The molecule has 0 aliphatic carbocycles. The lowest BCUT2D eigenvalue weighted by Gasteiger charge is -2.11. The molecule has 1 amide bonds. The summed E-state index contributed by atoms with van der Waals surface area (Å²) >= 11 is 0. The van der Waals surface area contributed by atoms with E-state index in [1.54, 1.807) is 18.4 Å². The molecule has 1 N–H and O–H groups in total. The normalized spacial score (nSPS) is 10.9. The van der Waals surface area contributed by atoms with Crippen molar-refractivity contribution >= 4 is 11.6 Å². The average molecular weight is 311 g/mol. The third-order valence-corrected chi connectivity index (χ3v) is 3.35. The number of para-hydroxylation sites is 1. The van der Waals surface area contributed by atoms with Gasteiger partial charge in [0.05, 0.1) is 12.7 Å². The van der Waals surface area contributed by atoms with Gasteiger partial charge in [0.1, 0.15) is 0 Å². The predicted molar refractivity (Wildman–Crippen MR) is 84.7 cm³/mol. The van der Waals surface area contributed by atoms with E-state index in [1.165, 1.54) is 0 Å². The molecule has 0 spiro atoms. The summed E-state index contributed by atoms with van der Waals surface area (Å²) < 4.78 is 10.5. The van der Waals surface area contributed by atoms with E-state index in [0.29, 0.717) is 23.9 Å². The minimum absolute atomic E-state index is 0.0285. The third kappa shape index (κ3) is 3.48. The van der Waals surface area contributed by atoms with Crippen molar-refractivity contribution in [1.82, 2.24) is 10.1 Å². The van der Waals surface area contributed by atoms with Crippen molar-refractivity contribution in [2.75, 3.05) is 5.32 Å². The molecule has 0 atom stereocenters. The minimum atomic E-state index is -0.0861. The van der Waals surface area contributed by atoms with Crippen molar-refractivity contribution in [2.24, 2.45) is 5.92 Å². The van der Waals surface area contributed by atoms with E-state index in [9.17, 15) is 4.79 Å². The Morgan fingerprint density at radius 3 is 2.78 bits per heavy atom. The van der Waals surface area contributed by atoms with E-state index in [-0.39, 0.29) is 11.8 Å². The Balaban J connectivity index is 1.79. The zero-order valence-electron chi connectivity index (χ0n) is 12.9. The molecule has 0 saturated heterocycles. The van der Waals surface area contributed by atoms with Crippen LogP contribution in [0.5, 0.6) is 0 Å². The number of furan rings is 1. The highest BCUT2D eigenvalue weighted by molar-refractivity contribution is 5.92. The molecule has 23 heavy (non-hydrogen) atoms. The van der Waals surface area contributed by atoms with Gasteiger partial charge in [-0.2, -0.15) is 4.98 Å². The van der Waals surface area contributed by atoms with Crippen molar-refractivity contribution < 1.29 is 13.7 Å². The SMILES string of the molecule is CC(C)C(=O)Nc1ccccc1Cc1nc(-c2ccco2)no1. The molecule has 6 nitrogen and oxygen atoms in total. The fourth-order valence-corrected chi connectivity index (χ4v) is 2.07. The van der Waals surface area contributed by atoms with Crippen LogP contribution in [0.25, 0.3) is 11.6 Å². The van der Waals surface area contributed by atoms with Crippen molar-refractivity contribution in [1.29, 1.82) is 0 Å². The first-order valence-electron chi connectivity index (χ1n) is 7.38. The number of rotatable bonds is 5. The molecule has 0 aliphatic heterocycles. The van der Waals surface area contributed by atoms with Crippen LogP contribution < -0.4 is 5.32 Å². The Labute approximate surface area is 133 Å². The summed E-state index contributed by atoms with van der Waals surface area (Å²) in [6, 6.07) is 11.1. The van der Waals surface area contributed by atoms with Gasteiger partial charge in [-0.25, -0.2) is 0 Å². The highest BCUT2D eigenvalue weighted by atomic mass is 16.5.